The lowest BCUT2D eigenvalue weighted by atomic mass is 9.97. The Kier molecular flexibility index (Phi) is 4.74. The Morgan fingerprint density at radius 3 is 2.75 bits per heavy atom. The van der Waals surface area contributed by atoms with E-state index < -0.39 is 5.41 Å². The fraction of sp³-hybridized carbons (Fsp3) is 0.917. The van der Waals surface area contributed by atoms with Crippen molar-refractivity contribution in [3.8, 4) is 0 Å². The lowest BCUT2D eigenvalue weighted by Gasteiger charge is -2.32. The summed E-state index contributed by atoms with van der Waals surface area (Å²) in [6.07, 6.45) is 2.31. The summed E-state index contributed by atoms with van der Waals surface area (Å²) in [6.45, 7) is 8.34. The highest BCUT2D eigenvalue weighted by atomic mass is 16.7. The molecule has 4 heteroatoms. The smallest absolute Gasteiger partial charge is 0.330 e. The largest absolute Gasteiger partial charge is 0.367 e. The highest BCUT2D eigenvalue weighted by molar-refractivity contribution is 5.75. The summed E-state index contributed by atoms with van der Waals surface area (Å²) in [5.74, 6) is 0.448. The topological polar surface area (TPSA) is 41.6 Å². The van der Waals surface area contributed by atoms with Crippen molar-refractivity contribution in [3.63, 3.8) is 0 Å². The summed E-state index contributed by atoms with van der Waals surface area (Å²) in [7, 11) is 1.96. The molecule has 0 spiro atoms. The number of hydrogen-bond donors (Lipinski definition) is 1. The molecule has 0 aromatic rings. The van der Waals surface area contributed by atoms with Gasteiger partial charge in [0.15, 0.2) is 0 Å². The predicted octanol–water partition coefficient (Wildman–Crippen LogP) is 1.42. The van der Waals surface area contributed by atoms with Crippen LogP contribution >= 0.6 is 0 Å². The van der Waals surface area contributed by atoms with Gasteiger partial charge in [0.05, 0.1) is 5.41 Å². The van der Waals surface area contributed by atoms with Gasteiger partial charge in [-0.3, -0.25) is 0 Å². The number of nitrogens with zero attached hydrogens (tertiary/aromatic N) is 1. The summed E-state index contributed by atoms with van der Waals surface area (Å²) in [5, 5.41) is 4.99. The van der Waals surface area contributed by atoms with Gasteiger partial charge in [0.1, 0.15) is 0 Å². The van der Waals surface area contributed by atoms with E-state index in [2.05, 4.69) is 5.32 Å². The van der Waals surface area contributed by atoms with Crippen LogP contribution in [0.5, 0.6) is 0 Å². The zero-order valence-electron chi connectivity index (χ0n) is 10.9. The van der Waals surface area contributed by atoms with Crippen LogP contribution in [-0.2, 0) is 9.63 Å². The van der Waals surface area contributed by atoms with Crippen molar-refractivity contribution in [1.29, 1.82) is 0 Å². The maximum Gasteiger partial charge on any atom is 0.330 e. The SMILES string of the molecule is CNC[C@H]1CCCN(OC(=O)C(C)(C)C)C1. The Morgan fingerprint density at radius 2 is 2.19 bits per heavy atom. The summed E-state index contributed by atoms with van der Waals surface area (Å²) < 4.78 is 0. The standard InChI is InChI=1S/C12H24N2O2/c1-12(2,3)11(15)16-14-7-5-6-10(9-14)8-13-4/h10,13H,5-9H2,1-4H3/t10-/m1/s1. The number of piperidine rings is 1. The second-order valence-electron chi connectivity index (χ2n) is 5.58. The Morgan fingerprint density at radius 1 is 1.50 bits per heavy atom. The Bertz CT molecular complexity index is 234. The van der Waals surface area contributed by atoms with E-state index in [9.17, 15) is 4.79 Å². The third kappa shape index (κ3) is 4.10. The molecule has 0 unspecified atom stereocenters. The number of nitrogens with one attached hydrogen (secondary N) is 1. The molecule has 1 N–H and O–H groups in total. The van der Waals surface area contributed by atoms with E-state index >= 15 is 0 Å². The van der Waals surface area contributed by atoms with Crippen LogP contribution in [0.2, 0.25) is 0 Å². The summed E-state index contributed by atoms with van der Waals surface area (Å²) in [5.41, 5.74) is -0.421. The van der Waals surface area contributed by atoms with Gasteiger partial charge < -0.3 is 10.2 Å². The van der Waals surface area contributed by atoms with Gasteiger partial charge in [-0.25, -0.2) is 4.79 Å². The Labute approximate surface area is 98.3 Å². The molecule has 0 radical (unpaired) electrons. The Balaban J connectivity index is 2.40. The van der Waals surface area contributed by atoms with Crippen LogP contribution in [0, 0.1) is 11.3 Å². The minimum Gasteiger partial charge on any atom is -0.367 e. The average Bonchev–Trinajstić information content (AvgIpc) is 2.17. The highest BCUT2D eigenvalue weighted by Gasteiger charge is 2.28. The van der Waals surface area contributed by atoms with Gasteiger partial charge in [-0.1, -0.05) is 0 Å². The third-order valence-corrected chi connectivity index (χ3v) is 2.80. The molecule has 1 fully saturated rings. The minimum absolute atomic E-state index is 0.141. The first-order chi connectivity index (χ1) is 7.43. The van der Waals surface area contributed by atoms with Gasteiger partial charge in [0.25, 0.3) is 0 Å². The molecule has 1 aliphatic rings. The molecule has 0 bridgehead atoms. The van der Waals surface area contributed by atoms with E-state index in [-0.39, 0.29) is 5.97 Å². The van der Waals surface area contributed by atoms with Gasteiger partial charge in [0.2, 0.25) is 0 Å². The molecule has 4 nitrogen and oxygen atoms in total. The van der Waals surface area contributed by atoms with Crippen LogP contribution in [0.3, 0.4) is 0 Å². The van der Waals surface area contributed by atoms with E-state index in [0.29, 0.717) is 5.92 Å². The van der Waals surface area contributed by atoms with Crippen LogP contribution in [0.25, 0.3) is 0 Å². The second-order valence-corrected chi connectivity index (χ2v) is 5.58. The molecule has 0 aromatic carbocycles. The zero-order valence-corrected chi connectivity index (χ0v) is 10.9. The van der Waals surface area contributed by atoms with Gasteiger partial charge in [0, 0.05) is 13.1 Å². The molecule has 94 valence electrons. The van der Waals surface area contributed by atoms with Crippen molar-refractivity contribution in [1.82, 2.24) is 10.4 Å². The predicted molar refractivity (Wildman–Crippen MR) is 63.8 cm³/mol. The number of rotatable bonds is 3. The molecule has 1 rings (SSSR count). The van der Waals surface area contributed by atoms with E-state index in [0.717, 1.165) is 26.1 Å². The van der Waals surface area contributed by atoms with Crippen molar-refractivity contribution in [3.05, 3.63) is 0 Å². The molecular formula is C12H24N2O2. The molecule has 1 atom stereocenters. The summed E-state index contributed by atoms with van der Waals surface area (Å²) in [4.78, 5) is 17.1. The van der Waals surface area contributed by atoms with Gasteiger partial charge in [-0.2, -0.15) is 0 Å². The molecule has 1 aliphatic heterocycles. The molecule has 0 amide bonds. The summed E-state index contributed by atoms with van der Waals surface area (Å²) >= 11 is 0. The van der Waals surface area contributed by atoms with Crippen molar-refractivity contribution in [2.24, 2.45) is 11.3 Å². The van der Waals surface area contributed by atoms with Crippen molar-refractivity contribution in [2.45, 2.75) is 33.6 Å². The first-order valence-electron chi connectivity index (χ1n) is 6.05. The van der Waals surface area contributed by atoms with Crippen molar-refractivity contribution < 1.29 is 9.63 Å². The van der Waals surface area contributed by atoms with E-state index in [4.69, 9.17) is 4.84 Å². The molecule has 1 saturated heterocycles. The number of hydroxylamine groups is 2. The van der Waals surface area contributed by atoms with Gasteiger partial charge in [-0.05, 0) is 53.1 Å². The average molecular weight is 228 g/mol. The first-order valence-corrected chi connectivity index (χ1v) is 6.05. The quantitative estimate of drug-likeness (QED) is 0.793. The lowest BCUT2D eigenvalue weighted by molar-refractivity contribution is -0.207. The van der Waals surface area contributed by atoms with Crippen molar-refractivity contribution in [2.75, 3.05) is 26.7 Å². The number of hydrogen-bond acceptors (Lipinski definition) is 4. The van der Waals surface area contributed by atoms with E-state index in [1.54, 1.807) is 0 Å². The number of carbonyl (C=O) groups excluding carboxylic acids is 1. The molecule has 0 aromatic heterocycles. The van der Waals surface area contributed by atoms with Crippen LogP contribution in [0.15, 0.2) is 0 Å². The third-order valence-electron chi connectivity index (χ3n) is 2.80. The van der Waals surface area contributed by atoms with Gasteiger partial charge >= 0.3 is 5.97 Å². The molecule has 16 heavy (non-hydrogen) atoms. The molecule has 0 saturated carbocycles. The van der Waals surface area contributed by atoms with Gasteiger partial charge in [-0.15, -0.1) is 5.06 Å². The number of carbonyl (C=O) groups is 1. The monoisotopic (exact) mass is 228 g/mol. The first kappa shape index (κ1) is 13.5. The van der Waals surface area contributed by atoms with Crippen LogP contribution in [-0.4, -0.2) is 37.7 Å². The minimum atomic E-state index is -0.421. The molecular weight excluding hydrogens is 204 g/mol. The Hall–Kier alpha value is -0.610. The maximum absolute atomic E-state index is 11.7. The highest BCUT2D eigenvalue weighted by Crippen LogP contribution is 2.20. The van der Waals surface area contributed by atoms with Crippen LogP contribution in [0.1, 0.15) is 33.6 Å². The lowest BCUT2D eigenvalue weighted by Crippen LogP contribution is -2.42. The molecule has 0 aliphatic carbocycles. The fourth-order valence-corrected chi connectivity index (χ4v) is 1.82. The van der Waals surface area contributed by atoms with E-state index in [1.807, 2.05) is 32.9 Å². The normalized spacial score (nSPS) is 23.1. The second kappa shape index (κ2) is 5.64. The maximum atomic E-state index is 11.7. The fourth-order valence-electron chi connectivity index (χ4n) is 1.82. The van der Waals surface area contributed by atoms with Crippen LogP contribution < -0.4 is 5.32 Å². The van der Waals surface area contributed by atoms with Crippen molar-refractivity contribution >= 4 is 5.97 Å². The zero-order chi connectivity index (χ0) is 12.2. The molecule has 1 heterocycles. The van der Waals surface area contributed by atoms with Crippen LogP contribution in [0.4, 0.5) is 0 Å². The van der Waals surface area contributed by atoms with E-state index in [1.165, 1.54) is 6.42 Å². The summed E-state index contributed by atoms with van der Waals surface area (Å²) in [6, 6.07) is 0.